The number of hydrogen-bond acceptors (Lipinski definition) is 3. The van der Waals surface area contributed by atoms with E-state index in [1.807, 2.05) is 13.8 Å². The molecule has 0 heterocycles. The second-order valence-corrected chi connectivity index (χ2v) is 3.87. The van der Waals surface area contributed by atoms with Gasteiger partial charge in [-0.25, -0.2) is 0 Å². The van der Waals surface area contributed by atoms with Gasteiger partial charge in [-0.15, -0.1) is 0 Å². The molecule has 0 fully saturated rings. The van der Waals surface area contributed by atoms with Crippen LogP contribution in [-0.4, -0.2) is 37.9 Å². The van der Waals surface area contributed by atoms with Crippen molar-refractivity contribution in [1.82, 2.24) is 5.32 Å². The quantitative estimate of drug-likeness (QED) is 0.669. The van der Waals surface area contributed by atoms with Gasteiger partial charge in [0.2, 0.25) is 5.91 Å². The molecule has 0 aliphatic carbocycles. The van der Waals surface area contributed by atoms with Gasteiger partial charge in [-0.05, 0) is 5.92 Å². The summed E-state index contributed by atoms with van der Waals surface area (Å²) < 4.78 is 39.4. The average molecular weight is 256 g/mol. The Morgan fingerprint density at radius 2 is 2.06 bits per heavy atom. The summed E-state index contributed by atoms with van der Waals surface area (Å²) in [7, 11) is 0. The molecule has 2 atom stereocenters. The van der Waals surface area contributed by atoms with Gasteiger partial charge in [-0.3, -0.25) is 4.79 Å². The lowest BCUT2D eigenvalue weighted by Gasteiger charge is -2.17. The molecule has 0 aliphatic rings. The fraction of sp³-hybridized carbons (Fsp3) is 0.900. The third kappa shape index (κ3) is 7.98. The Balaban J connectivity index is 3.65. The predicted molar refractivity (Wildman–Crippen MR) is 57.3 cm³/mol. The summed E-state index contributed by atoms with van der Waals surface area (Å²) in [6.45, 7) is 2.28. The first-order valence-electron chi connectivity index (χ1n) is 5.45. The molecule has 0 saturated carbocycles. The molecule has 102 valence electrons. The second kappa shape index (κ2) is 7.50. The van der Waals surface area contributed by atoms with Gasteiger partial charge in [0, 0.05) is 6.54 Å². The van der Waals surface area contributed by atoms with E-state index in [1.165, 1.54) is 0 Å². The van der Waals surface area contributed by atoms with Gasteiger partial charge in [-0.1, -0.05) is 20.3 Å². The van der Waals surface area contributed by atoms with Crippen LogP contribution in [0.25, 0.3) is 0 Å². The minimum atomic E-state index is -4.34. The van der Waals surface area contributed by atoms with Crippen LogP contribution in [-0.2, 0) is 9.53 Å². The zero-order chi connectivity index (χ0) is 13.5. The fourth-order valence-electron chi connectivity index (χ4n) is 1.06. The van der Waals surface area contributed by atoms with E-state index < -0.39 is 18.8 Å². The smallest absolute Gasteiger partial charge is 0.370 e. The Bertz CT molecular complexity index is 234. The molecule has 3 N–H and O–H groups in total. The van der Waals surface area contributed by atoms with Gasteiger partial charge in [0.05, 0.1) is 12.6 Å². The number of rotatable bonds is 7. The van der Waals surface area contributed by atoms with E-state index >= 15 is 0 Å². The lowest BCUT2D eigenvalue weighted by Crippen LogP contribution is -2.45. The van der Waals surface area contributed by atoms with Crippen LogP contribution in [0, 0.1) is 5.92 Å². The summed E-state index contributed by atoms with van der Waals surface area (Å²) in [5, 5.41) is 2.43. The lowest BCUT2D eigenvalue weighted by atomic mass is 9.99. The minimum absolute atomic E-state index is 0.0268. The van der Waals surface area contributed by atoms with E-state index in [4.69, 9.17) is 5.73 Å². The van der Waals surface area contributed by atoms with Crippen molar-refractivity contribution < 1.29 is 22.7 Å². The van der Waals surface area contributed by atoms with Crippen LogP contribution < -0.4 is 11.1 Å². The van der Waals surface area contributed by atoms with Crippen molar-refractivity contribution in [2.45, 2.75) is 32.5 Å². The Kier molecular flexibility index (Phi) is 7.13. The van der Waals surface area contributed by atoms with Crippen molar-refractivity contribution in [2.24, 2.45) is 11.7 Å². The first-order chi connectivity index (χ1) is 7.78. The molecule has 1 unspecified atom stereocenters. The summed E-state index contributed by atoms with van der Waals surface area (Å²) in [5.74, 6) is -0.332. The van der Waals surface area contributed by atoms with Gasteiger partial charge in [0.25, 0.3) is 0 Å². The summed E-state index contributed by atoms with van der Waals surface area (Å²) in [4.78, 5) is 11.4. The molecule has 0 aromatic carbocycles. The standard InChI is InChI=1S/C10H19F3N2O2/c1-3-7(2)8(14)9(16)15-4-5-17-6-10(11,12)13/h7-8H,3-6,14H2,1-2H3,(H,15,16)/t7?,8-/m0/s1. The number of halogens is 3. The molecule has 0 aliphatic heterocycles. The largest absolute Gasteiger partial charge is 0.411 e. The summed E-state index contributed by atoms with van der Waals surface area (Å²) in [6.07, 6.45) is -3.57. The summed E-state index contributed by atoms with van der Waals surface area (Å²) in [6, 6.07) is -0.636. The highest BCUT2D eigenvalue weighted by molar-refractivity contribution is 5.81. The van der Waals surface area contributed by atoms with Crippen LogP contribution in [0.5, 0.6) is 0 Å². The number of ether oxygens (including phenoxy) is 1. The molecule has 17 heavy (non-hydrogen) atoms. The van der Waals surface area contributed by atoms with Crippen molar-refractivity contribution in [1.29, 1.82) is 0 Å². The van der Waals surface area contributed by atoms with E-state index in [2.05, 4.69) is 10.1 Å². The Morgan fingerprint density at radius 3 is 2.53 bits per heavy atom. The van der Waals surface area contributed by atoms with E-state index in [9.17, 15) is 18.0 Å². The second-order valence-electron chi connectivity index (χ2n) is 3.87. The molecule has 0 aromatic rings. The van der Waals surface area contributed by atoms with E-state index in [-0.39, 0.29) is 25.0 Å². The topological polar surface area (TPSA) is 64.4 Å². The maximum atomic E-state index is 11.7. The molecule has 4 nitrogen and oxygen atoms in total. The average Bonchev–Trinajstić information content (AvgIpc) is 2.24. The van der Waals surface area contributed by atoms with E-state index in [1.54, 1.807) is 0 Å². The zero-order valence-corrected chi connectivity index (χ0v) is 10.0. The van der Waals surface area contributed by atoms with Crippen LogP contribution >= 0.6 is 0 Å². The summed E-state index contributed by atoms with van der Waals surface area (Å²) in [5.41, 5.74) is 5.62. The molecule has 0 saturated heterocycles. The number of nitrogens with two attached hydrogens (primary N) is 1. The van der Waals surface area contributed by atoms with Crippen LogP contribution in [0.2, 0.25) is 0 Å². The molecule has 0 spiro atoms. The van der Waals surface area contributed by atoms with Crippen LogP contribution in [0.4, 0.5) is 13.2 Å². The molecule has 1 amide bonds. The maximum Gasteiger partial charge on any atom is 0.411 e. The van der Waals surface area contributed by atoms with Crippen molar-refractivity contribution in [3.63, 3.8) is 0 Å². The Hall–Kier alpha value is -0.820. The highest BCUT2D eigenvalue weighted by Gasteiger charge is 2.27. The van der Waals surface area contributed by atoms with E-state index in [0.29, 0.717) is 0 Å². The normalized spacial score (nSPS) is 15.4. The van der Waals surface area contributed by atoms with Crippen LogP contribution in [0.1, 0.15) is 20.3 Å². The van der Waals surface area contributed by atoms with Gasteiger partial charge in [-0.2, -0.15) is 13.2 Å². The first kappa shape index (κ1) is 16.2. The molecule has 0 radical (unpaired) electrons. The van der Waals surface area contributed by atoms with Gasteiger partial charge < -0.3 is 15.8 Å². The highest BCUT2D eigenvalue weighted by Crippen LogP contribution is 2.13. The van der Waals surface area contributed by atoms with Gasteiger partial charge in [0.15, 0.2) is 0 Å². The molecule has 0 aromatic heterocycles. The van der Waals surface area contributed by atoms with Crippen LogP contribution in [0.15, 0.2) is 0 Å². The Labute approximate surface area is 98.7 Å². The fourth-order valence-corrected chi connectivity index (χ4v) is 1.06. The third-order valence-corrected chi connectivity index (χ3v) is 2.37. The molecular weight excluding hydrogens is 237 g/mol. The van der Waals surface area contributed by atoms with Crippen molar-refractivity contribution in [3.8, 4) is 0 Å². The zero-order valence-electron chi connectivity index (χ0n) is 10.0. The number of carbonyl (C=O) groups excluding carboxylic acids is 1. The first-order valence-corrected chi connectivity index (χ1v) is 5.45. The molecule has 7 heteroatoms. The van der Waals surface area contributed by atoms with Crippen molar-refractivity contribution in [2.75, 3.05) is 19.8 Å². The molecule has 0 rings (SSSR count). The van der Waals surface area contributed by atoms with Crippen molar-refractivity contribution in [3.05, 3.63) is 0 Å². The van der Waals surface area contributed by atoms with Crippen molar-refractivity contribution >= 4 is 5.91 Å². The number of hydrogen-bond donors (Lipinski definition) is 2. The van der Waals surface area contributed by atoms with Gasteiger partial charge >= 0.3 is 6.18 Å². The predicted octanol–water partition coefficient (Wildman–Crippen LogP) is 1.05. The lowest BCUT2D eigenvalue weighted by molar-refractivity contribution is -0.173. The number of amides is 1. The third-order valence-electron chi connectivity index (χ3n) is 2.37. The van der Waals surface area contributed by atoms with Crippen LogP contribution in [0.3, 0.4) is 0 Å². The number of carbonyl (C=O) groups is 1. The SMILES string of the molecule is CCC(C)[C@H](N)C(=O)NCCOCC(F)(F)F. The van der Waals surface area contributed by atoms with Gasteiger partial charge in [0.1, 0.15) is 6.61 Å². The summed E-state index contributed by atoms with van der Waals surface area (Å²) >= 11 is 0. The minimum Gasteiger partial charge on any atom is -0.370 e. The van der Waals surface area contributed by atoms with E-state index in [0.717, 1.165) is 6.42 Å². The number of alkyl halides is 3. The Morgan fingerprint density at radius 1 is 1.47 bits per heavy atom. The molecular formula is C10H19F3N2O2. The molecule has 0 bridgehead atoms. The number of nitrogens with one attached hydrogen (secondary N) is 1. The highest BCUT2D eigenvalue weighted by atomic mass is 19.4. The monoisotopic (exact) mass is 256 g/mol. The maximum absolute atomic E-state index is 11.7.